The molecule has 3 nitrogen and oxygen atoms in total. The predicted molar refractivity (Wildman–Crippen MR) is 78.4 cm³/mol. The van der Waals surface area contributed by atoms with E-state index in [9.17, 15) is 5.11 Å². The zero-order chi connectivity index (χ0) is 14.4. The van der Waals surface area contributed by atoms with Crippen LogP contribution in [0.5, 0.6) is 5.75 Å². The fourth-order valence-corrected chi connectivity index (χ4v) is 2.01. The van der Waals surface area contributed by atoms with Crippen molar-refractivity contribution in [2.24, 2.45) is 0 Å². The number of rotatable bonds is 6. The van der Waals surface area contributed by atoms with Gasteiger partial charge in [0, 0.05) is 5.56 Å². The Morgan fingerprint density at radius 1 is 1.00 bits per heavy atom. The molecule has 0 bridgehead atoms. The molecule has 2 rings (SSSR count). The van der Waals surface area contributed by atoms with Gasteiger partial charge in [-0.05, 0) is 23.6 Å². The van der Waals surface area contributed by atoms with Crippen LogP contribution in [-0.4, -0.2) is 10.2 Å². The van der Waals surface area contributed by atoms with Crippen LogP contribution >= 0.6 is 0 Å². The Balaban J connectivity index is 2.06. The predicted octanol–water partition coefficient (Wildman–Crippen LogP) is 3.20. The minimum absolute atomic E-state index is 0.0483. The van der Waals surface area contributed by atoms with Crippen LogP contribution in [0.3, 0.4) is 0 Å². The number of hydrogen-bond donors (Lipinski definition) is 2. The van der Waals surface area contributed by atoms with Crippen LogP contribution in [0.2, 0.25) is 0 Å². The zero-order valence-corrected chi connectivity index (χ0v) is 11.6. The summed E-state index contributed by atoms with van der Waals surface area (Å²) in [6.07, 6.45) is 0.161. The maximum absolute atomic E-state index is 9.97. The van der Waals surface area contributed by atoms with Gasteiger partial charge in [-0.25, -0.2) is 0 Å². The van der Waals surface area contributed by atoms with Crippen molar-refractivity contribution >= 4 is 0 Å². The summed E-state index contributed by atoms with van der Waals surface area (Å²) in [5.41, 5.74) is 2.74. The molecule has 0 amide bonds. The molecule has 0 aliphatic carbocycles. The number of benzene rings is 2. The summed E-state index contributed by atoms with van der Waals surface area (Å²) in [5.74, 6) is 0.716. The first-order chi connectivity index (χ1) is 9.74. The Hall–Kier alpha value is -1.84. The van der Waals surface area contributed by atoms with Gasteiger partial charge in [0.25, 0.3) is 0 Å². The monoisotopic (exact) mass is 272 g/mol. The van der Waals surface area contributed by atoms with E-state index in [4.69, 9.17) is 9.84 Å². The van der Waals surface area contributed by atoms with Crippen LogP contribution in [-0.2, 0) is 13.2 Å². The Bertz CT molecular complexity index is 534. The molecule has 0 aliphatic rings. The Kier molecular flexibility index (Phi) is 5.16. The summed E-state index contributed by atoms with van der Waals surface area (Å²) in [6, 6.07) is 15.2. The lowest BCUT2D eigenvalue weighted by molar-refractivity contribution is 0.166. The first-order valence-corrected chi connectivity index (χ1v) is 6.83. The van der Waals surface area contributed by atoms with Gasteiger partial charge in [-0.15, -0.1) is 0 Å². The molecule has 0 fully saturated rings. The molecular weight excluding hydrogens is 252 g/mol. The maximum Gasteiger partial charge on any atom is 0.125 e. The highest BCUT2D eigenvalue weighted by Gasteiger charge is 2.10. The van der Waals surface area contributed by atoms with Gasteiger partial charge in [0.05, 0.1) is 12.7 Å². The second kappa shape index (κ2) is 7.08. The molecule has 0 spiro atoms. The van der Waals surface area contributed by atoms with Crippen LogP contribution < -0.4 is 4.74 Å². The summed E-state index contributed by atoms with van der Waals surface area (Å²) in [5, 5.41) is 19.0. The summed E-state index contributed by atoms with van der Waals surface area (Å²) in [6.45, 7) is 2.43. The molecule has 1 atom stereocenters. The van der Waals surface area contributed by atoms with Crippen molar-refractivity contribution in [3.05, 3.63) is 65.2 Å². The summed E-state index contributed by atoms with van der Waals surface area (Å²) in [4.78, 5) is 0. The van der Waals surface area contributed by atoms with Crippen molar-refractivity contribution in [3.63, 3.8) is 0 Å². The minimum atomic E-state index is -0.497. The van der Waals surface area contributed by atoms with E-state index in [1.807, 2.05) is 55.5 Å². The topological polar surface area (TPSA) is 49.7 Å². The van der Waals surface area contributed by atoms with Gasteiger partial charge in [-0.1, -0.05) is 49.4 Å². The molecule has 0 radical (unpaired) electrons. The summed E-state index contributed by atoms with van der Waals surface area (Å²) >= 11 is 0. The molecular formula is C17H20O3. The number of ether oxygens (including phenoxy) is 1. The van der Waals surface area contributed by atoms with Gasteiger partial charge >= 0.3 is 0 Å². The average Bonchev–Trinajstić information content (AvgIpc) is 2.53. The van der Waals surface area contributed by atoms with Gasteiger partial charge in [0.1, 0.15) is 12.4 Å². The van der Waals surface area contributed by atoms with Crippen molar-refractivity contribution in [1.82, 2.24) is 0 Å². The SMILES string of the molecule is CC[C@H](O)c1ccccc1OCc1ccc(CO)cc1. The van der Waals surface area contributed by atoms with Crippen molar-refractivity contribution < 1.29 is 14.9 Å². The van der Waals surface area contributed by atoms with Gasteiger partial charge in [0.15, 0.2) is 0 Å². The fourth-order valence-electron chi connectivity index (χ4n) is 2.01. The molecule has 20 heavy (non-hydrogen) atoms. The molecule has 0 unspecified atom stereocenters. The highest BCUT2D eigenvalue weighted by atomic mass is 16.5. The third-order valence-corrected chi connectivity index (χ3v) is 3.26. The number of aliphatic hydroxyl groups excluding tert-OH is 2. The Morgan fingerprint density at radius 2 is 1.65 bits per heavy atom. The van der Waals surface area contributed by atoms with Crippen LogP contribution in [0.4, 0.5) is 0 Å². The van der Waals surface area contributed by atoms with Crippen LogP contribution in [0, 0.1) is 0 Å². The quantitative estimate of drug-likeness (QED) is 0.849. The van der Waals surface area contributed by atoms with E-state index in [1.165, 1.54) is 0 Å². The lowest BCUT2D eigenvalue weighted by Gasteiger charge is -2.15. The van der Waals surface area contributed by atoms with E-state index in [1.54, 1.807) is 0 Å². The average molecular weight is 272 g/mol. The van der Waals surface area contributed by atoms with E-state index in [0.717, 1.165) is 16.7 Å². The van der Waals surface area contributed by atoms with Crippen LogP contribution in [0.1, 0.15) is 36.1 Å². The highest BCUT2D eigenvalue weighted by Crippen LogP contribution is 2.27. The molecule has 3 heteroatoms. The van der Waals surface area contributed by atoms with E-state index in [-0.39, 0.29) is 6.61 Å². The molecule has 0 aliphatic heterocycles. The van der Waals surface area contributed by atoms with E-state index in [0.29, 0.717) is 18.8 Å². The first-order valence-electron chi connectivity index (χ1n) is 6.83. The largest absolute Gasteiger partial charge is 0.489 e. The highest BCUT2D eigenvalue weighted by molar-refractivity contribution is 5.35. The van der Waals surface area contributed by atoms with Crippen molar-refractivity contribution in [2.75, 3.05) is 0 Å². The van der Waals surface area contributed by atoms with Crippen molar-refractivity contribution in [1.29, 1.82) is 0 Å². The second-order valence-corrected chi connectivity index (χ2v) is 4.73. The van der Waals surface area contributed by atoms with E-state index in [2.05, 4.69) is 0 Å². The molecule has 0 heterocycles. The standard InChI is InChI=1S/C17H20O3/c1-2-16(19)15-5-3-4-6-17(15)20-12-14-9-7-13(11-18)8-10-14/h3-10,16,18-19H,2,11-12H2,1H3/t16-/m0/s1. The van der Waals surface area contributed by atoms with Gasteiger partial charge in [-0.3, -0.25) is 0 Å². The van der Waals surface area contributed by atoms with E-state index >= 15 is 0 Å². The molecule has 106 valence electrons. The third-order valence-electron chi connectivity index (χ3n) is 3.26. The number of hydrogen-bond acceptors (Lipinski definition) is 3. The molecule has 2 aromatic carbocycles. The number of para-hydroxylation sites is 1. The molecule has 0 saturated carbocycles. The fraction of sp³-hybridized carbons (Fsp3) is 0.294. The Labute approximate surface area is 119 Å². The van der Waals surface area contributed by atoms with Crippen LogP contribution in [0.15, 0.2) is 48.5 Å². The second-order valence-electron chi connectivity index (χ2n) is 4.73. The zero-order valence-electron chi connectivity index (χ0n) is 11.6. The van der Waals surface area contributed by atoms with Crippen molar-refractivity contribution in [3.8, 4) is 5.75 Å². The van der Waals surface area contributed by atoms with Gasteiger partial charge < -0.3 is 14.9 Å². The van der Waals surface area contributed by atoms with Gasteiger partial charge in [-0.2, -0.15) is 0 Å². The first kappa shape index (κ1) is 14.6. The molecule has 0 saturated heterocycles. The lowest BCUT2D eigenvalue weighted by atomic mass is 10.1. The third kappa shape index (κ3) is 3.59. The van der Waals surface area contributed by atoms with E-state index < -0.39 is 6.10 Å². The maximum atomic E-state index is 9.97. The Morgan fingerprint density at radius 3 is 2.30 bits per heavy atom. The smallest absolute Gasteiger partial charge is 0.125 e. The lowest BCUT2D eigenvalue weighted by Crippen LogP contribution is -2.02. The molecule has 2 N–H and O–H groups in total. The molecule has 2 aromatic rings. The summed E-state index contributed by atoms with van der Waals surface area (Å²) < 4.78 is 5.80. The number of aliphatic hydroxyl groups is 2. The van der Waals surface area contributed by atoms with Gasteiger partial charge in [0.2, 0.25) is 0 Å². The minimum Gasteiger partial charge on any atom is -0.489 e. The normalized spacial score (nSPS) is 12.2. The van der Waals surface area contributed by atoms with Crippen molar-refractivity contribution in [2.45, 2.75) is 32.7 Å². The molecule has 0 aromatic heterocycles. The van der Waals surface area contributed by atoms with Crippen LogP contribution in [0.25, 0.3) is 0 Å². The summed E-state index contributed by atoms with van der Waals surface area (Å²) in [7, 11) is 0.